The molecule has 0 aliphatic rings. The van der Waals surface area contributed by atoms with E-state index < -0.39 is 25.7 Å². The van der Waals surface area contributed by atoms with Crippen molar-refractivity contribution in [2.75, 3.05) is 6.26 Å². The number of alkyl halides is 3. The van der Waals surface area contributed by atoms with Crippen LogP contribution in [-0.2, 0) is 20.2 Å². The first-order valence-electron chi connectivity index (χ1n) is 5.18. The zero-order valence-electron chi connectivity index (χ0n) is 11.7. The van der Waals surface area contributed by atoms with Gasteiger partial charge in [0.25, 0.3) is 10.1 Å². The average molecular weight is 384 g/mol. The molecule has 0 fully saturated rings. The van der Waals surface area contributed by atoms with Crippen LogP contribution in [0.25, 0.3) is 0 Å². The lowest BCUT2D eigenvalue weighted by Crippen LogP contribution is -2.21. The Morgan fingerprint density at radius 2 is 1.36 bits per heavy atom. The predicted molar refractivity (Wildman–Crippen MR) is 78.2 cm³/mol. The van der Waals surface area contributed by atoms with E-state index in [2.05, 4.69) is 32.5 Å². The first-order chi connectivity index (χ1) is 9.47. The highest BCUT2D eigenvalue weighted by Gasteiger charge is 2.44. The topological polar surface area (TPSA) is 109 Å². The van der Waals surface area contributed by atoms with Crippen LogP contribution >= 0.6 is 12.6 Å². The highest BCUT2D eigenvalue weighted by atomic mass is 32.2. The molecule has 0 heterocycles. The first kappa shape index (κ1) is 23.4. The summed E-state index contributed by atoms with van der Waals surface area (Å²) in [6, 6.07) is 6.12. The van der Waals surface area contributed by atoms with Crippen molar-refractivity contribution in [3.63, 3.8) is 0 Å². The van der Waals surface area contributed by atoms with Crippen LogP contribution in [0.3, 0.4) is 0 Å². The van der Waals surface area contributed by atoms with Gasteiger partial charge in [-0.3, -0.25) is 9.11 Å². The molecule has 0 aliphatic heterocycles. The number of benzene rings is 1. The second kappa shape index (κ2) is 8.72. The summed E-state index contributed by atoms with van der Waals surface area (Å²) >= 11 is 4.27. The van der Waals surface area contributed by atoms with Gasteiger partial charge in [-0.2, -0.15) is 30.0 Å². The smallest absolute Gasteiger partial charge is 0.286 e. The Hall–Kier alpha value is -0.820. The fourth-order valence-electron chi connectivity index (χ4n) is 0.736. The summed E-state index contributed by atoms with van der Waals surface area (Å²) in [5.41, 5.74) is -2.95. The summed E-state index contributed by atoms with van der Waals surface area (Å²) in [7, 11) is -9.51. The van der Waals surface area contributed by atoms with Crippen LogP contribution in [0.2, 0.25) is 0 Å². The molecule has 0 aliphatic carbocycles. The van der Waals surface area contributed by atoms with Gasteiger partial charge in [-0.25, -0.2) is 0 Å². The molecule has 0 atom stereocenters. The normalized spacial score (nSPS) is 11.7. The second-order valence-electron chi connectivity index (χ2n) is 3.87. The number of hydrogen-bond donors (Lipinski definition) is 3. The Balaban J connectivity index is 0. The molecular formula is C10H15F3O6S3. The Labute approximate surface area is 132 Å². The van der Waals surface area contributed by atoms with Crippen LogP contribution < -0.4 is 0 Å². The third-order valence-electron chi connectivity index (χ3n) is 1.87. The van der Waals surface area contributed by atoms with Crippen molar-refractivity contribution in [1.29, 1.82) is 0 Å². The van der Waals surface area contributed by atoms with E-state index in [0.717, 1.165) is 4.90 Å². The third-order valence-corrected chi connectivity index (χ3v) is 2.94. The lowest BCUT2D eigenvalue weighted by atomic mass is 10.1. The summed E-state index contributed by atoms with van der Waals surface area (Å²) in [6.07, 6.45) is 0.715. The lowest BCUT2D eigenvalue weighted by Gasteiger charge is -2.00. The Morgan fingerprint density at radius 3 is 1.55 bits per heavy atom. The molecule has 0 unspecified atom stereocenters. The van der Waals surface area contributed by atoms with Gasteiger partial charge in [0.15, 0.2) is 0 Å². The molecule has 6 nitrogen and oxygen atoms in total. The van der Waals surface area contributed by atoms with Gasteiger partial charge in [-0.15, -0.1) is 12.6 Å². The lowest BCUT2D eigenvalue weighted by molar-refractivity contribution is -0.0510. The summed E-state index contributed by atoms with van der Waals surface area (Å²) < 4.78 is 83.4. The summed E-state index contributed by atoms with van der Waals surface area (Å²) in [5, 5.41) is 0. The maximum Gasteiger partial charge on any atom is 0.522 e. The molecule has 12 heteroatoms. The van der Waals surface area contributed by atoms with Crippen molar-refractivity contribution in [3.8, 4) is 0 Å². The molecule has 130 valence electrons. The van der Waals surface area contributed by atoms with Gasteiger partial charge in [0, 0.05) is 4.90 Å². The van der Waals surface area contributed by atoms with Crippen molar-refractivity contribution in [2.45, 2.75) is 24.3 Å². The minimum atomic E-state index is -5.84. The van der Waals surface area contributed by atoms with Crippen LogP contribution in [0.1, 0.15) is 11.1 Å². The van der Waals surface area contributed by atoms with Crippen LogP contribution in [0.4, 0.5) is 13.2 Å². The van der Waals surface area contributed by atoms with Gasteiger partial charge in [0.05, 0.1) is 6.26 Å². The highest BCUT2D eigenvalue weighted by molar-refractivity contribution is 7.86. The molecule has 0 radical (unpaired) electrons. The number of hydrogen-bond acceptors (Lipinski definition) is 5. The molecule has 1 aromatic carbocycles. The van der Waals surface area contributed by atoms with Gasteiger partial charge in [-0.1, -0.05) is 12.1 Å². The molecule has 0 bridgehead atoms. The number of halogens is 3. The van der Waals surface area contributed by atoms with E-state index >= 15 is 0 Å². The molecule has 0 aromatic heterocycles. The van der Waals surface area contributed by atoms with E-state index in [-0.39, 0.29) is 0 Å². The predicted octanol–water partition coefficient (Wildman–Crippen LogP) is 2.49. The SMILES string of the molecule is CS(=O)(=O)O.Cc1cccc(S)c1C.O=S(=O)(O)C(F)(F)F. The summed E-state index contributed by atoms with van der Waals surface area (Å²) in [4.78, 5) is 1.08. The van der Waals surface area contributed by atoms with Crippen LogP contribution in [0, 0.1) is 13.8 Å². The van der Waals surface area contributed by atoms with E-state index in [0.29, 0.717) is 6.26 Å². The van der Waals surface area contributed by atoms with E-state index in [1.807, 2.05) is 12.1 Å². The summed E-state index contributed by atoms with van der Waals surface area (Å²) in [5.74, 6) is 0. The Bertz CT molecular complexity index is 652. The van der Waals surface area contributed by atoms with Crippen molar-refractivity contribution in [2.24, 2.45) is 0 Å². The number of thiol groups is 1. The minimum Gasteiger partial charge on any atom is -0.286 e. The quantitative estimate of drug-likeness (QED) is 0.360. The summed E-state index contributed by atoms with van der Waals surface area (Å²) in [6.45, 7) is 4.17. The maximum absolute atomic E-state index is 10.7. The van der Waals surface area contributed by atoms with Crippen molar-refractivity contribution < 1.29 is 39.1 Å². The second-order valence-corrected chi connectivity index (χ2v) is 7.23. The van der Waals surface area contributed by atoms with E-state index in [1.165, 1.54) is 11.1 Å². The Morgan fingerprint density at radius 1 is 1.05 bits per heavy atom. The standard InChI is InChI=1S/C8H10S.CHF3O3S.CH4O3S/c1-6-4-3-5-8(9)7(6)2;2-1(3,4)8(5,6)7;1-5(2,3)4/h3-5,9H,1-2H3;(H,5,6,7);1H3,(H,2,3,4). The largest absolute Gasteiger partial charge is 0.522 e. The molecule has 1 rings (SSSR count). The molecule has 0 saturated heterocycles. The van der Waals surface area contributed by atoms with Gasteiger partial charge >= 0.3 is 15.6 Å². The zero-order valence-corrected chi connectivity index (χ0v) is 14.2. The van der Waals surface area contributed by atoms with E-state index in [1.54, 1.807) is 0 Å². The maximum atomic E-state index is 10.7. The molecule has 2 N–H and O–H groups in total. The molecule has 0 saturated carbocycles. The van der Waals surface area contributed by atoms with Crippen LogP contribution in [0.5, 0.6) is 0 Å². The van der Waals surface area contributed by atoms with Gasteiger partial charge in [0.1, 0.15) is 0 Å². The van der Waals surface area contributed by atoms with Crippen molar-refractivity contribution >= 4 is 32.9 Å². The minimum absolute atomic E-state index is 0.715. The van der Waals surface area contributed by atoms with E-state index in [4.69, 9.17) is 17.5 Å². The van der Waals surface area contributed by atoms with E-state index in [9.17, 15) is 21.6 Å². The average Bonchev–Trinajstić information content (AvgIpc) is 2.21. The fraction of sp³-hybridized carbons (Fsp3) is 0.400. The van der Waals surface area contributed by atoms with Crippen molar-refractivity contribution in [1.82, 2.24) is 0 Å². The molecule has 22 heavy (non-hydrogen) atoms. The van der Waals surface area contributed by atoms with Gasteiger partial charge in [-0.05, 0) is 31.0 Å². The zero-order chi connectivity index (χ0) is 18.4. The van der Waals surface area contributed by atoms with Crippen LogP contribution in [-0.4, -0.2) is 37.7 Å². The van der Waals surface area contributed by atoms with Crippen molar-refractivity contribution in [3.05, 3.63) is 29.3 Å². The van der Waals surface area contributed by atoms with Gasteiger partial charge in [0.2, 0.25) is 0 Å². The van der Waals surface area contributed by atoms with Crippen LogP contribution in [0.15, 0.2) is 23.1 Å². The number of aryl methyl sites for hydroxylation is 1. The molecule has 0 spiro atoms. The molecule has 0 amide bonds. The third kappa shape index (κ3) is 12.9. The fourth-order valence-corrected chi connectivity index (χ4v) is 0.998. The molecule has 1 aromatic rings. The molecular weight excluding hydrogens is 369 g/mol. The monoisotopic (exact) mass is 384 g/mol. The number of rotatable bonds is 0. The van der Waals surface area contributed by atoms with Gasteiger partial charge < -0.3 is 0 Å². The first-order valence-corrected chi connectivity index (χ1v) is 8.91. The Kier molecular flexibility index (Phi) is 9.29. The highest BCUT2D eigenvalue weighted by Crippen LogP contribution is 2.20.